The summed E-state index contributed by atoms with van der Waals surface area (Å²) in [7, 11) is 0. The van der Waals surface area contributed by atoms with Crippen LogP contribution < -0.4 is 0 Å². The number of benzene rings is 1. The Balaban J connectivity index is 2.07. The Bertz CT molecular complexity index is 593. The lowest BCUT2D eigenvalue weighted by atomic mass is 10.0. The van der Waals surface area contributed by atoms with Gasteiger partial charge in [0, 0.05) is 10.4 Å². The van der Waals surface area contributed by atoms with Crippen molar-refractivity contribution in [3.05, 3.63) is 40.2 Å². The van der Waals surface area contributed by atoms with Crippen LogP contribution in [-0.4, -0.2) is 10.1 Å². The van der Waals surface area contributed by atoms with Gasteiger partial charge >= 0.3 is 0 Å². The van der Waals surface area contributed by atoms with E-state index >= 15 is 0 Å². The van der Waals surface area contributed by atoms with E-state index < -0.39 is 6.10 Å². The van der Waals surface area contributed by atoms with Gasteiger partial charge in [0.2, 0.25) is 0 Å². The van der Waals surface area contributed by atoms with E-state index in [-0.39, 0.29) is 5.82 Å². The molecule has 94 valence electrons. The first kappa shape index (κ1) is 11.8. The lowest BCUT2D eigenvalue weighted by Crippen LogP contribution is -2.07. The Hall–Kier alpha value is -1.26. The molecule has 1 aromatic heterocycles. The van der Waals surface area contributed by atoms with E-state index in [2.05, 4.69) is 4.98 Å². The predicted molar refractivity (Wildman–Crippen MR) is 70.1 cm³/mol. The number of aliphatic hydroxyl groups is 1. The molecule has 0 fully saturated rings. The lowest BCUT2D eigenvalue weighted by Gasteiger charge is -2.14. The van der Waals surface area contributed by atoms with Gasteiger partial charge in [0.1, 0.15) is 10.8 Å². The molecule has 1 atom stereocenters. The van der Waals surface area contributed by atoms with Gasteiger partial charge in [0.25, 0.3) is 0 Å². The average Bonchev–Trinajstić information content (AvgIpc) is 2.74. The number of nitrogens with zero attached hydrogens (tertiary/aromatic N) is 1. The number of hydrogen-bond donors (Lipinski definition) is 1. The zero-order chi connectivity index (χ0) is 12.7. The van der Waals surface area contributed by atoms with Gasteiger partial charge in [0.15, 0.2) is 0 Å². The molecule has 1 aromatic carbocycles. The molecule has 1 heterocycles. The summed E-state index contributed by atoms with van der Waals surface area (Å²) in [6, 6.07) is 5.17. The molecule has 1 unspecified atom stereocenters. The molecule has 1 aliphatic carbocycles. The number of aliphatic hydroxyl groups excluding tert-OH is 1. The van der Waals surface area contributed by atoms with Crippen LogP contribution in [0, 0.1) is 12.7 Å². The van der Waals surface area contributed by atoms with E-state index in [9.17, 15) is 9.50 Å². The maximum atomic E-state index is 13.9. The minimum absolute atomic E-state index is 0.240. The van der Waals surface area contributed by atoms with Crippen molar-refractivity contribution in [2.45, 2.75) is 32.3 Å². The van der Waals surface area contributed by atoms with Gasteiger partial charge in [-0.1, -0.05) is 6.07 Å². The molecule has 0 aliphatic heterocycles. The molecule has 2 aromatic rings. The second kappa shape index (κ2) is 4.44. The molecule has 1 N–H and O–H groups in total. The van der Waals surface area contributed by atoms with Gasteiger partial charge in [-0.15, -0.1) is 11.3 Å². The summed E-state index contributed by atoms with van der Waals surface area (Å²) in [5.41, 5.74) is 2.19. The normalized spacial score (nSPS) is 18.7. The quantitative estimate of drug-likeness (QED) is 0.852. The zero-order valence-electron chi connectivity index (χ0n) is 10.1. The number of thiazole rings is 1. The molecule has 0 spiro atoms. The van der Waals surface area contributed by atoms with Crippen molar-refractivity contribution in [1.29, 1.82) is 0 Å². The summed E-state index contributed by atoms with van der Waals surface area (Å²) >= 11 is 1.50. The van der Waals surface area contributed by atoms with Crippen molar-refractivity contribution < 1.29 is 9.50 Å². The van der Waals surface area contributed by atoms with Crippen molar-refractivity contribution in [1.82, 2.24) is 4.98 Å². The number of rotatable bonds is 1. The minimum atomic E-state index is -0.479. The SMILES string of the molecule is Cc1ccc(-c2nc3c(s2)CCCC3O)c(F)c1. The van der Waals surface area contributed by atoms with E-state index in [1.807, 2.05) is 13.0 Å². The number of aromatic nitrogens is 1. The molecule has 3 rings (SSSR count). The van der Waals surface area contributed by atoms with Crippen molar-refractivity contribution in [3.63, 3.8) is 0 Å². The van der Waals surface area contributed by atoms with Crippen LogP contribution in [0.4, 0.5) is 4.39 Å². The molecule has 4 heteroatoms. The standard InChI is InChI=1S/C14H14FNOS/c1-8-5-6-9(10(15)7-8)14-16-13-11(17)3-2-4-12(13)18-14/h5-7,11,17H,2-4H2,1H3. The van der Waals surface area contributed by atoms with E-state index in [1.54, 1.807) is 6.07 Å². The first-order valence-electron chi connectivity index (χ1n) is 6.09. The van der Waals surface area contributed by atoms with E-state index in [0.29, 0.717) is 10.6 Å². The van der Waals surface area contributed by atoms with Crippen molar-refractivity contribution >= 4 is 11.3 Å². The first-order chi connectivity index (χ1) is 8.65. The Morgan fingerprint density at radius 1 is 1.44 bits per heavy atom. The molecule has 2 nitrogen and oxygen atoms in total. The van der Waals surface area contributed by atoms with Gasteiger partial charge in [-0.05, 0) is 43.9 Å². The van der Waals surface area contributed by atoms with Gasteiger partial charge in [0.05, 0.1) is 11.8 Å². The first-order valence-corrected chi connectivity index (χ1v) is 6.91. The number of fused-ring (bicyclic) bond motifs is 1. The smallest absolute Gasteiger partial charge is 0.133 e. The predicted octanol–water partition coefficient (Wildman–Crippen LogP) is 3.63. The number of halogens is 1. The minimum Gasteiger partial charge on any atom is -0.387 e. The summed E-state index contributed by atoms with van der Waals surface area (Å²) in [5.74, 6) is -0.240. The maximum absolute atomic E-state index is 13.9. The van der Waals surface area contributed by atoms with Crippen LogP contribution >= 0.6 is 11.3 Å². The second-order valence-electron chi connectivity index (χ2n) is 4.72. The Morgan fingerprint density at radius 3 is 3.00 bits per heavy atom. The summed E-state index contributed by atoms with van der Waals surface area (Å²) in [6.45, 7) is 1.86. The molecule has 0 bridgehead atoms. The Morgan fingerprint density at radius 2 is 2.28 bits per heavy atom. The third-order valence-electron chi connectivity index (χ3n) is 3.28. The van der Waals surface area contributed by atoms with Crippen LogP contribution in [0.25, 0.3) is 10.6 Å². The number of hydrogen-bond acceptors (Lipinski definition) is 3. The Labute approximate surface area is 109 Å². The molecular formula is C14H14FNOS. The van der Waals surface area contributed by atoms with Crippen LogP contribution in [0.3, 0.4) is 0 Å². The second-order valence-corrected chi connectivity index (χ2v) is 5.80. The average molecular weight is 263 g/mol. The van der Waals surface area contributed by atoms with E-state index in [1.165, 1.54) is 17.4 Å². The summed E-state index contributed by atoms with van der Waals surface area (Å²) in [6.07, 6.45) is 2.20. The van der Waals surface area contributed by atoms with E-state index in [4.69, 9.17) is 0 Å². The highest BCUT2D eigenvalue weighted by Gasteiger charge is 2.23. The third-order valence-corrected chi connectivity index (χ3v) is 4.44. The highest BCUT2D eigenvalue weighted by Crippen LogP contribution is 2.37. The largest absolute Gasteiger partial charge is 0.387 e. The maximum Gasteiger partial charge on any atom is 0.133 e. The highest BCUT2D eigenvalue weighted by molar-refractivity contribution is 7.15. The van der Waals surface area contributed by atoms with Crippen LogP contribution in [0.5, 0.6) is 0 Å². The van der Waals surface area contributed by atoms with Gasteiger partial charge in [-0.3, -0.25) is 0 Å². The molecule has 1 aliphatic rings. The van der Waals surface area contributed by atoms with Crippen molar-refractivity contribution in [2.24, 2.45) is 0 Å². The molecule has 0 radical (unpaired) electrons. The topological polar surface area (TPSA) is 33.1 Å². The molecular weight excluding hydrogens is 249 g/mol. The molecule has 0 saturated carbocycles. The Kier molecular flexibility index (Phi) is 2.92. The fourth-order valence-electron chi connectivity index (χ4n) is 2.30. The fraction of sp³-hybridized carbons (Fsp3) is 0.357. The molecule has 0 amide bonds. The summed E-state index contributed by atoms with van der Waals surface area (Å²) < 4.78 is 13.9. The zero-order valence-corrected chi connectivity index (χ0v) is 10.9. The van der Waals surface area contributed by atoms with Gasteiger partial charge < -0.3 is 5.11 Å². The lowest BCUT2D eigenvalue weighted by molar-refractivity contribution is 0.153. The number of aryl methyl sites for hydroxylation is 2. The van der Waals surface area contributed by atoms with E-state index in [0.717, 1.165) is 35.4 Å². The summed E-state index contributed by atoms with van der Waals surface area (Å²) in [5, 5.41) is 10.6. The van der Waals surface area contributed by atoms with Crippen LogP contribution in [0.1, 0.15) is 35.1 Å². The van der Waals surface area contributed by atoms with Crippen molar-refractivity contribution in [3.8, 4) is 10.6 Å². The van der Waals surface area contributed by atoms with Crippen LogP contribution in [-0.2, 0) is 6.42 Å². The highest BCUT2D eigenvalue weighted by atomic mass is 32.1. The van der Waals surface area contributed by atoms with Gasteiger partial charge in [-0.2, -0.15) is 0 Å². The molecule has 18 heavy (non-hydrogen) atoms. The van der Waals surface area contributed by atoms with Crippen LogP contribution in [0.2, 0.25) is 0 Å². The third kappa shape index (κ3) is 1.95. The van der Waals surface area contributed by atoms with Gasteiger partial charge in [-0.25, -0.2) is 9.37 Å². The fourth-order valence-corrected chi connectivity index (χ4v) is 3.49. The molecule has 0 saturated heterocycles. The van der Waals surface area contributed by atoms with Crippen LogP contribution in [0.15, 0.2) is 18.2 Å². The monoisotopic (exact) mass is 263 g/mol. The summed E-state index contributed by atoms with van der Waals surface area (Å²) in [4.78, 5) is 5.52. The van der Waals surface area contributed by atoms with Crippen molar-refractivity contribution in [2.75, 3.05) is 0 Å².